The number of allylic oxidation sites excluding steroid dienone is 1. The number of hydrogen-bond donors (Lipinski definition) is 0. The molecule has 1 amide bonds. The average molecular weight is 446 g/mol. The third-order valence-electron chi connectivity index (χ3n) is 6.36. The van der Waals surface area contributed by atoms with Crippen LogP contribution in [-0.4, -0.2) is 62.3 Å². The van der Waals surface area contributed by atoms with Gasteiger partial charge in [0.15, 0.2) is 5.78 Å². The first kappa shape index (κ1) is 21.4. The van der Waals surface area contributed by atoms with Crippen LogP contribution in [0.15, 0.2) is 59.4 Å². The van der Waals surface area contributed by atoms with Crippen molar-refractivity contribution in [1.82, 2.24) is 4.90 Å². The van der Waals surface area contributed by atoms with Crippen molar-refractivity contribution in [3.05, 3.63) is 59.9 Å². The van der Waals surface area contributed by atoms with Crippen molar-refractivity contribution in [3.63, 3.8) is 0 Å². The van der Waals surface area contributed by atoms with Crippen molar-refractivity contribution in [1.29, 1.82) is 0 Å². The SMILES string of the molecule is COc1ccccc1-c1cccc2c1CCN2C(=O)CC1=NC(N2CCOCC2)=CC(=O)C1. The van der Waals surface area contributed by atoms with Crippen LogP contribution in [0.1, 0.15) is 18.4 Å². The molecule has 0 bridgehead atoms. The molecule has 0 unspecified atom stereocenters. The van der Waals surface area contributed by atoms with Gasteiger partial charge in [0, 0.05) is 49.1 Å². The number of anilines is 1. The topological polar surface area (TPSA) is 71.4 Å². The zero-order valence-corrected chi connectivity index (χ0v) is 18.8. The molecular formula is C26H27N3O4. The molecule has 0 aliphatic carbocycles. The van der Waals surface area contributed by atoms with Gasteiger partial charge in [-0.05, 0) is 29.7 Å². The number of fused-ring (bicyclic) bond motifs is 1. The average Bonchev–Trinajstić information content (AvgIpc) is 3.29. The van der Waals surface area contributed by atoms with Gasteiger partial charge < -0.3 is 19.3 Å². The number of ether oxygens (including phenoxy) is 2. The molecule has 33 heavy (non-hydrogen) atoms. The maximum Gasteiger partial charge on any atom is 0.232 e. The number of benzene rings is 2. The molecule has 2 aromatic carbocycles. The Bertz CT molecular complexity index is 1150. The molecule has 3 heterocycles. The van der Waals surface area contributed by atoms with Crippen molar-refractivity contribution >= 4 is 23.1 Å². The van der Waals surface area contributed by atoms with E-state index in [1.807, 2.05) is 41.3 Å². The summed E-state index contributed by atoms with van der Waals surface area (Å²) in [6.07, 6.45) is 2.71. The van der Waals surface area contributed by atoms with E-state index in [1.165, 1.54) is 0 Å². The number of rotatable bonds is 5. The van der Waals surface area contributed by atoms with E-state index in [1.54, 1.807) is 13.2 Å². The minimum absolute atomic E-state index is 0.00503. The molecule has 0 atom stereocenters. The second kappa shape index (κ2) is 9.19. The van der Waals surface area contributed by atoms with Crippen LogP contribution in [0.25, 0.3) is 11.1 Å². The van der Waals surface area contributed by atoms with Gasteiger partial charge in [0.1, 0.15) is 11.6 Å². The minimum atomic E-state index is -0.0271. The number of aliphatic imine (C=N–C) groups is 1. The first-order chi connectivity index (χ1) is 16.1. The van der Waals surface area contributed by atoms with E-state index in [4.69, 9.17) is 9.47 Å². The molecule has 3 aliphatic heterocycles. The zero-order chi connectivity index (χ0) is 22.8. The van der Waals surface area contributed by atoms with Gasteiger partial charge in [0.25, 0.3) is 0 Å². The lowest BCUT2D eigenvalue weighted by molar-refractivity contribution is -0.117. The maximum absolute atomic E-state index is 13.3. The lowest BCUT2D eigenvalue weighted by Gasteiger charge is -2.30. The van der Waals surface area contributed by atoms with Gasteiger partial charge in [-0.15, -0.1) is 0 Å². The van der Waals surface area contributed by atoms with E-state index in [9.17, 15) is 9.59 Å². The summed E-state index contributed by atoms with van der Waals surface area (Å²) in [5.74, 6) is 1.43. The molecule has 1 saturated heterocycles. The van der Waals surface area contributed by atoms with E-state index >= 15 is 0 Å². The van der Waals surface area contributed by atoms with E-state index in [-0.39, 0.29) is 24.5 Å². The van der Waals surface area contributed by atoms with Crippen molar-refractivity contribution in [3.8, 4) is 16.9 Å². The zero-order valence-electron chi connectivity index (χ0n) is 18.8. The second-order valence-corrected chi connectivity index (χ2v) is 8.40. The first-order valence-electron chi connectivity index (χ1n) is 11.3. The Morgan fingerprint density at radius 2 is 1.85 bits per heavy atom. The summed E-state index contributed by atoms with van der Waals surface area (Å²) in [6.45, 7) is 3.26. The number of morpholine rings is 1. The normalized spacial score (nSPS) is 18.0. The number of nitrogens with zero attached hydrogens (tertiary/aromatic N) is 3. The summed E-state index contributed by atoms with van der Waals surface area (Å²) >= 11 is 0. The van der Waals surface area contributed by atoms with Crippen molar-refractivity contribution < 1.29 is 19.1 Å². The summed E-state index contributed by atoms with van der Waals surface area (Å²) in [7, 11) is 1.67. The Hall–Kier alpha value is -3.45. The molecule has 3 aliphatic rings. The highest BCUT2D eigenvalue weighted by atomic mass is 16.5. The van der Waals surface area contributed by atoms with Crippen LogP contribution in [0.5, 0.6) is 5.75 Å². The molecule has 0 saturated carbocycles. The summed E-state index contributed by atoms with van der Waals surface area (Å²) in [5.41, 5.74) is 4.81. The summed E-state index contributed by atoms with van der Waals surface area (Å²) in [4.78, 5) is 34.2. The van der Waals surface area contributed by atoms with Crippen LogP contribution in [-0.2, 0) is 20.7 Å². The highest BCUT2D eigenvalue weighted by Gasteiger charge is 2.29. The van der Waals surface area contributed by atoms with Gasteiger partial charge in [0.05, 0.1) is 26.7 Å². The third kappa shape index (κ3) is 4.28. The predicted molar refractivity (Wildman–Crippen MR) is 127 cm³/mol. The van der Waals surface area contributed by atoms with Gasteiger partial charge in [0.2, 0.25) is 5.91 Å². The fraction of sp³-hybridized carbons (Fsp3) is 0.346. The van der Waals surface area contributed by atoms with Crippen LogP contribution in [0.3, 0.4) is 0 Å². The number of carbonyl (C=O) groups excluding carboxylic acids is 2. The van der Waals surface area contributed by atoms with Crippen LogP contribution in [0, 0.1) is 0 Å². The van der Waals surface area contributed by atoms with E-state index in [0.717, 1.165) is 34.5 Å². The number of methoxy groups -OCH3 is 1. The predicted octanol–water partition coefficient (Wildman–Crippen LogP) is 3.23. The number of ketones is 1. The highest BCUT2D eigenvalue weighted by molar-refractivity contribution is 6.16. The molecule has 0 spiro atoms. The maximum atomic E-state index is 13.3. The quantitative estimate of drug-likeness (QED) is 0.707. The Morgan fingerprint density at radius 3 is 2.67 bits per heavy atom. The van der Waals surface area contributed by atoms with E-state index in [2.05, 4.69) is 16.0 Å². The molecular weight excluding hydrogens is 418 g/mol. The molecule has 0 aromatic heterocycles. The highest BCUT2D eigenvalue weighted by Crippen LogP contribution is 2.39. The molecule has 7 heteroatoms. The fourth-order valence-electron chi connectivity index (χ4n) is 4.77. The van der Waals surface area contributed by atoms with Crippen LogP contribution in [0.2, 0.25) is 0 Å². The van der Waals surface area contributed by atoms with E-state index in [0.29, 0.717) is 44.4 Å². The molecule has 5 rings (SSSR count). The second-order valence-electron chi connectivity index (χ2n) is 8.40. The summed E-state index contributed by atoms with van der Waals surface area (Å²) in [5, 5.41) is 0. The Morgan fingerprint density at radius 1 is 1.06 bits per heavy atom. The Balaban J connectivity index is 1.37. The lowest BCUT2D eigenvalue weighted by Crippen LogP contribution is -2.37. The number of hydrogen-bond acceptors (Lipinski definition) is 6. The molecule has 1 fully saturated rings. The van der Waals surface area contributed by atoms with Crippen molar-refractivity contribution in [2.24, 2.45) is 4.99 Å². The minimum Gasteiger partial charge on any atom is -0.496 e. The van der Waals surface area contributed by atoms with Gasteiger partial charge in [-0.25, -0.2) is 4.99 Å². The summed E-state index contributed by atoms with van der Waals surface area (Å²) in [6, 6.07) is 14.0. The van der Waals surface area contributed by atoms with Gasteiger partial charge in [-0.3, -0.25) is 9.59 Å². The Labute approximate surface area is 193 Å². The monoisotopic (exact) mass is 445 g/mol. The third-order valence-corrected chi connectivity index (χ3v) is 6.36. The standard InChI is InChI=1S/C26H27N3O4/c1-32-24-8-3-2-5-22(24)20-6-4-7-23-21(20)9-10-29(23)26(31)16-18-15-19(30)17-25(27-18)28-11-13-33-14-12-28/h2-8,17H,9-16H2,1H3. The van der Waals surface area contributed by atoms with Crippen LogP contribution < -0.4 is 9.64 Å². The number of para-hydroxylation sites is 1. The van der Waals surface area contributed by atoms with Crippen LogP contribution >= 0.6 is 0 Å². The Kier molecular flexibility index (Phi) is 5.96. The number of amides is 1. The van der Waals surface area contributed by atoms with Crippen molar-refractivity contribution in [2.75, 3.05) is 44.9 Å². The molecule has 7 nitrogen and oxygen atoms in total. The van der Waals surface area contributed by atoms with Crippen LogP contribution in [0.4, 0.5) is 5.69 Å². The molecule has 2 aromatic rings. The smallest absolute Gasteiger partial charge is 0.232 e. The fourth-order valence-corrected chi connectivity index (χ4v) is 4.77. The number of carbonyl (C=O) groups is 2. The van der Waals surface area contributed by atoms with Gasteiger partial charge in [-0.1, -0.05) is 30.3 Å². The summed E-state index contributed by atoms with van der Waals surface area (Å²) < 4.78 is 11.0. The van der Waals surface area contributed by atoms with E-state index < -0.39 is 0 Å². The largest absolute Gasteiger partial charge is 0.496 e. The molecule has 170 valence electrons. The van der Waals surface area contributed by atoms with Crippen molar-refractivity contribution in [2.45, 2.75) is 19.3 Å². The molecule has 0 radical (unpaired) electrons. The first-order valence-corrected chi connectivity index (χ1v) is 11.3. The lowest BCUT2D eigenvalue weighted by atomic mass is 9.97. The van der Waals surface area contributed by atoms with Gasteiger partial charge >= 0.3 is 0 Å². The van der Waals surface area contributed by atoms with Gasteiger partial charge in [-0.2, -0.15) is 0 Å². The molecule has 0 N–H and O–H groups in total.